The van der Waals surface area contributed by atoms with E-state index in [4.69, 9.17) is 0 Å². The van der Waals surface area contributed by atoms with Crippen LogP contribution in [0, 0.1) is 0 Å². The van der Waals surface area contributed by atoms with Gasteiger partial charge < -0.3 is 0 Å². The van der Waals surface area contributed by atoms with Crippen molar-refractivity contribution in [3.05, 3.63) is 29.6 Å². The fourth-order valence-corrected chi connectivity index (χ4v) is 2.24. The van der Waals surface area contributed by atoms with Crippen molar-refractivity contribution in [3.8, 4) is 0 Å². The van der Waals surface area contributed by atoms with Gasteiger partial charge in [-0.05, 0) is 12.5 Å². The summed E-state index contributed by atoms with van der Waals surface area (Å²) in [6.07, 6.45) is 4.99. The Kier molecular flexibility index (Phi) is 7.40. The van der Waals surface area contributed by atoms with Gasteiger partial charge in [-0.1, -0.05) is 45.4 Å². The summed E-state index contributed by atoms with van der Waals surface area (Å²) in [5, 5.41) is 0. The number of hydrogen-bond donors (Lipinski definition) is 0. The van der Waals surface area contributed by atoms with E-state index in [0.717, 1.165) is 37.7 Å². The van der Waals surface area contributed by atoms with Crippen LogP contribution in [0.3, 0.4) is 0 Å². The first-order valence-electron chi connectivity index (χ1n) is 7.51. The molecule has 0 radical (unpaired) electrons. The van der Waals surface area contributed by atoms with Crippen LogP contribution in [0.4, 0.5) is 13.2 Å². The van der Waals surface area contributed by atoms with E-state index in [-0.39, 0.29) is 12.0 Å². The first kappa shape index (κ1) is 17.7. The molecule has 5 heteroatoms. The fraction of sp³-hybridized carbons (Fsp3) is 0.625. The van der Waals surface area contributed by atoms with Gasteiger partial charge in [-0.3, -0.25) is 9.78 Å². The zero-order valence-corrected chi connectivity index (χ0v) is 12.4. The number of hydrogen-bond acceptors (Lipinski definition) is 2. The number of Topliss-reactive ketones (excluding diaryl/α,β-unsaturated/α-hetero) is 1. The molecule has 0 aliphatic carbocycles. The largest absolute Gasteiger partial charge is 0.417 e. The molecule has 0 aromatic carbocycles. The maximum Gasteiger partial charge on any atom is 0.417 e. The zero-order valence-electron chi connectivity index (χ0n) is 12.4. The van der Waals surface area contributed by atoms with Crippen molar-refractivity contribution < 1.29 is 18.0 Å². The summed E-state index contributed by atoms with van der Waals surface area (Å²) >= 11 is 0. The van der Waals surface area contributed by atoms with Gasteiger partial charge in [0.2, 0.25) is 0 Å². The second kappa shape index (κ2) is 8.80. The number of nitrogens with zero attached hydrogens (tertiary/aromatic N) is 1. The third-order valence-corrected chi connectivity index (χ3v) is 3.43. The summed E-state index contributed by atoms with van der Waals surface area (Å²) in [6.45, 7) is 2.14. The second-order valence-corrected chi connectivity index (χ2v) is 5.21. The zero-order chi connectivity index (χ0) is 15.7. The Morgan fingerprint density at radius 3 is 2.33 bits per heavy atom. The van der Waals surface area contributed by atoms with Crippen LogP contribution in [-0.4, -0.2) is 10.8 Å². The number of carbonyl (C=O) groups is 1. The van der Waals surface area contributed by atoms with Crippen molar-refractivity contribution >= 4 is 5.78 Å². The number of rotatable bonds is 9. The lowest BCUT2D eigenvalue weighted by Gasteiger charge is -2.11. The van der Waals surface area contributed by atoms with E-state index in [0.29, 0.717) is 6.42 Å². The minimum atomic E-state index is -4.51. The summed E-state index contributed by atoms with van der Waals surface area (Å²) in [6, 6.07) is 0.859. The Labute approximate surface area is 123 Å². The van der Waals surface area contributed by atoms with E-state index in [1.54, 1.807) is 0 Å². The Hall–Kier alpha value is -1.39. The standard InChI is InChI=1S/C16H22F3NO/c1-2-3-4-5-6-7-8-9-15(21)13-12-20-11-10-14(13)16(17,18)19/h10-12H,2-9H2,1H3. The molecule has 0 spiro atoms. The molecular weight excluding hydrogens is 279 g/mol. The molecule has 0 N–H and O–H groups in total. The number of ketones is 1. The Bertz CT molecular complexity index is 443. The number of aromatic nitrogens is 1. The second-order valence-electron chi connectivity index (χ2n) is 5.21. The van der Waals surface area contributed by atoms with Crippen molar-refractivity contribution in [1.29, 1.82) is 0 Å². The molecule has 0 fully saturated rings. The van der Waals surface area contributed by atoms with Gasteiger partial charge in [0, 0.05) is 24.4 Å². The van der Waals surface area contributed by atoms with Gasteiger partial charge in [-0.25, -0.2) is 0 Å². The molecule has 1 aromatic heterocycles. The molecule has 1 heterocycles. The molecule has 1 aromatic rings. The minimum absolute atomic E-state index is 0.155. The third kappa shape index (κ3) is 6.27. The van der Waals surface area contributed by atoms with E-state index in [1.165, 1.54) is 19.3 Å². The van der Waals surface area contributed by atoms with Gasteiger partial charge in [0.1, 0.15) is 0 Å². The van der Waals surface area contributed by atoms with Gasteiger partial charge in [0.25, 0.3) is 0 Å². The predicted octanol–water partition coefficient (Wildman–Crippen LogP) is 5.42. The molecule has 0 aliphatic heterocycles. The summed E-state index contributed by atoms with van der Waals surface area (Å²) < 4.78 is 38.4. The Morgan fingerprint density at radius 1 is 1.10 bits per heavy atom. The van der Waals surface area contributed by atoms with E-state index in [9.17, 15) is 18.0 Å². The van der Waals surface area contributed by atoms with Gasteiger partial charge in [-0.2, -0.15) is 13.2 Å². The van der Waals surface area contributed by atoms with Crippen LogP contribution in [0.5, 0.6) is 0 Å². The first-order valence-corrected chi connectivity index (χ1v) is 7.51. The number of unbranched alkanes of at least 4 members (excludes halogenated alkanes) is 6. The average molecular weight is 301 g/mol. The maximum atomic E-state index is 12.8. The van der Waals surface area contributed by atoms with Crippen LogP contribution >= 0.6 is 0 Å². The van der Waals surface area contributed by atoms with Crippen LogP contribution in [0.15, 0.2) is 18.5 Å². The molecule has 21 heavy (non-hydrogen) atoms. The highest BCUT2D eigenvalue weighted by Crippen LogP contribution is 2.32. The topological polar surface area (TPSA) is 30.0 Å². The third-order valence-electron chi connectivity index (χ3n) is 3.43. The molecule has 2 nitrogen and oxygen atoms in total. The van der Waals surface area contributed by atoms with Crippen molar-refractivity contribution in [2.45, 2.75) is 64.5 Å². The molecule has 0 amide bonds. The van der Waals surface area contributed by atoms with Gasteiger partial charge in [0.15, 0.2) is 5.78 Å². The number of alkyl halides is 3. The average Bonchev–Trinajstić information content (AvgIpc) is 2.45. The van der Waals surface area contributed by atoms with Crippen LogP contribution < -0.4 is 0 Å². The van der Waals surface area contributed by atoms with Crippen molar-refractivity contribution in [2.75, 3.05) is 0 Å². The van der Waals surface area contributed by atoms with Crippen LogP contribution in [-0.2, 0) is 6.18 Å². The summed E-state index contributed by atoms with van der Waals surface area (Å²) in [5.74, 6) is -0.469. The lowest BCUT2D eigenvalue weighted by atomic mass is 10.0. The lowest BCUT2D eigenvalue weighted by Crippen LogP contribution is -2.13. The van der Waals surface area contributed by atoms with Crippen molar-refractivity contribution in [1.82, 2.24) is 4.98 Å². The van der Waals surface area contributed by atoms with E-state index in [1.807, 2.05) is 0 Å². The molecule has 0 unspecified atom stereocenters. The Balaban J connectivity index is 2.43. The monoisotopic (exact) mass is 301 g/mol. The van der Waals surface area contributed by atoms with Gasteiger partial charge in [-0.15, -0.1) is 0 Å². The maximum absolute atomic E-state index is 12.8. The highest BCUT2D eigenvalue weighted by atomic mass is 19.4. The smallest absolute Gasteiger partial charge is 0.294 e. The van der Waals surface area contributed by atoms with E-state index >= 15 is 0 Å². The molecular formula is C16H22F3NO. The Morgan fingerprint density at radius 2 is 1.71 bits per heavy atom. The molecule has 0 atom stereocenters. The SMILES string of the molecule is CCCCCCCCCC(=O)c1cnccc1C(F)(F)F. The number of halogens is 3. The molecule has 118 valence electrons. The molecule has 0 aliphatic rings. The lowest BCUT2D eigenvalue weighted by molar-refractivity contribution is -0.138. The van der Waals surface area contributed by atoms with Crippen LogP contribution in [0.25, 0.3) is 0 Å². The number of pyridine rings is 1. The summed E-state index contributed by atoms with van der Waals surface area (Å²) in [4.78, 5) is 15.5. The minimum Gasteiger partial charge on any atom is -0.294 e. The van der Waals surface area contributed by atoms with E-state index in [2.05, 4.69) is 11.9 Å². The normalized spacial score (nSPS) is 11.6. The highest BCUT2D eigenvalue weighted by molar-refractivity contribution is 5.97. The molecule has 0 saturated carbocycles. The quantitative estimate of drug-likeness (QED) is 0.450. The number of carbonyl (C=O) groups excluding carboxylic acids is 1. The van der Waals surface area contributed by atoms with Crippen molar-refractivity contribution in [2.24, 2.45) is 0 Å². The molecule has 0 bridgehead atoms. The molecule has 0 saturated heterocycles. The summed E-state index contributed by atoms with van der Waals surface area (Å²) in [5.41, 5.74) is -1.19. The van der Waals surface area contributed by atoms with Gasteiger partial charge >= 0.3 is 6.18 Å². The van der Waals surface area contributed by atoms with Crippen molar-refractivity contribution in [3.63, 3.8) is 0 Å². The van der Waals surface area contributed by atoms with Gasteiger partial charge in [0.05, 0.1) is 5.56 Å². The van der Waals surface area contributed by atoms with Crippen LogP contribution in [0.1, 0.15) is 74.2 Å². The predicted molar refractivity (Wildman–Crippen MR) is 76.2 cm³/mol. The molecule has 1 rings (SSSR count). The first-order chi connectivity index (χ1) is 9.96. The fourth-order valence-electron chi connectivity index (χ4n) is 2.24. The highest BCUT2D eigenvalue weighted by Gasteiger charge is 2.34. The van der Waals surface area contributed by atoms with E-state index < -0.39 is 17.5 Å². The summed E-state index contributed by atoms with van der Waals surface area (Å²) in [7, 11) is 0. The van der Waals surface area contributed by atoms with Crippen LogP contribution in [0.2, 0.25) is 0 Å².